The Hall–Kier alpha value is -0.390. The standard InChI is InChI=1S/C9H12BrNO2S/c1-2-13-9(12)7(11)3-6-4-8(10)14-5-6/h4-5,7H,2-3,11H2,1H3/t7-/m1/s1. The summed E-state index contributed by atoms with van der Waals surface area (Å²) < 4.78 is 5.86. The van der Waals surface area contributed by atoms with Crippen LogP contribution in [0.5, 0.6) is 0 Å². The molecule has 0 fully saturated rings. The number of hydrogen-bond acceptors (Lipinski definition) is 4. The first-order valence-corrected chi connectivity index (χ1v) is 5.96. The van der Waals surface area contributed by atoms with Crippen LogP contribution in [0.25, 0.3) is 0 Å². The van der Waals surface area contributed by atoms with E-state index < -0.39 is 6.04 Å². The summed E-state index contributed by atoms with van der Waals surface area (Å²) in [6, 6.07) is 1.40. The molecule has 0 aliphatic carbocycles. The van der Waals surface area contributed by atoms with Gasteiger partial charge in [-0.3, -0.25) is 4.79 Å². The molecule has 0 aliphatic rings. The lowest BCUT2D eigenvalue weighted by Crippen LogP contribution is -2.34. The molecular weight excluding hydrogens is 266 g/mol. The molecule has 0 aromatic carbocycles. The van der Waals surface area contributed by atoms with Crippen molar-refractivity contribution < 1.29 is 9.53 Å². The van der Waals surface area contributed by atoms with Crippen LogP contribution in [-0.4, -0.2) is 18.6 Å². The third kappa shape index (κ3) is 3.40. The molecule has 0 saturated heterocycles. The molecule has 0 unspecified atom stereocenters. The van der Waals surface area contributed by atoms with Crippen molar-refractivity contribution in [3.63, 3.8) is 0 Å². The molecule has 2 N–H and O–H groups in total. The van der Waals surface area contributed by atoms with Crippen LogP contribution in [0.1, 0.15) is 12.5 Å². The van der Waals surface area contributed by atoms with Crippen LogP contribution >= 0.6 is 27.3 Å². The maximum absolute atomic E-state index is 11.2. The van der Waals surface area contributed by atoms with Gasteiger partial charge in [0.15, 0.2) is 0 Å². The summed E-state index contributed by atoms with van der Waals surface area (Å²) >= 11 is 4.93. The number of esters is 1. The first-order chi connectivity index (χ1) is 6.63. The van der Waals surface area contributed by atoms with Gasteiger partial charge in [-0.15, -0.1) is 11.3 Å². The molecule has 0 saturated carbocycles. The Balaban J connectivity index is 2.48. The third-order valence-corrected chi connectivity index (χ3v) is 3.22. The van der Waals surface area contributed by atoms with Gasteiger partial charge in [-0.05, 0) is 46.3 Å². The van der Waals surface area contributed by atoms with Crippen molar-refractivity contribution in [1.82, 2.24) is 0 Å². The normalized spacial score (nSPS) is 12.5. The predicted octanol–water partition coefficient (Wildman–Crippen LogP) is 1.94. The number of halogens is 1. The van der Waals surface area contributed by atoms with Crippen LogP contribution in [0.15, 0.2) is 15.2 Å². The minimum absolute atomic E-state index is 0.338. The minimum Gasteiger partial charge on any atom is -0.465 e. The van der Waals surface area contributed by atoms with E-state index in [9.17, 15) is 4.79 Å². The highest BCUT2D eigenvalue weighted by atomic mass is 79.9. The number of nitrogens with two attached hydrogens (primary N) is 1. The van der Waals surface area contributed by atoms with Crippen LogP contribution in [0.2, 0.25) is 0 Å². The molecule has 0 bridgehead atoms. The molecule has 14 heavy (non-hydrogen) atoms. The number of rotatable bonds is 4. The van der Waals surface area contributed by atoms with Gasteiger partial charge in [-0.25, -0.2) is 0 Å². The minimum atomic E-state index is -0.559. The number of ether oxygens (including phenoxy) is 1. The lowest BCUT2D eigenvalue weighted by atomic mass is 10.1. The summed E-state index contributed by atoms with van der Waals surface area (Å²) in [5, 5.41) is 1.98. The smallest absolute Gasteiger partial charge is 0.323 e. The number of carbonyl (C=O) groups is 1. The van der Waals surface area contributed by atoms with Gasteiger partial charge in [0.1, 0.15) is 6.04 Å². The SMILES string of the molecule is CCOC(=O)[C@H](N)Cc1csc(Br)c1. The Morgan fingerprint density at radius 1 is 1.79 bits per heavy atom. The van der Waals surface area contributed by atoms with Crippen molar-refractivity contribution in [3.05, 3.63) is 20.8 Å². The topological polar surface area (TPSA) is 52.3 Å². The highest BCUT2D eigenvalue weighted by molar-refractivity contribution is 9.11. The molecule has 5 heteroatoms. The Bertz CT molecular complexity index is 314. The van der Waals surface area contributed by atoms with Gasteiger partial charge < -0.3 is 10.5 Å². The van der Waals surface area contributed by atoms with Gasteiger partial charge in [0, 0.05) is 0 Å². The number of hydrogen-bond donors (Lipinski definition) is 1. The predicted molar refractivity (Wildman–Crippen MR) is 60.3 cm³/mol. The van der Waals surface area contributed by atoms with E-state index >= 15 is 0 Å². The third-order valence-electron chi connectivity index (χ3n) is 1.67. The summed E-state index contributed by atoms with van der Waals surface area (Å²) in [6.07, 6.45) is 0.529. The Kier molecular flexibility index (Phi) is 4.57. The van der Waals surface area contributed by atoms with Crippen molar-refractivity contribution in [2.75, 3.05) is 6.61 Å². The van der Waals surface area contributed by atoms with E-state index in [1.165, 1.54) is 0 Å². The van der Waals surface area contributed by atoms with Crippen LogP contribution in [0.3, 0.4) is 0 Å². The van der Waals surface area contributed by atoms with Crippen molar-refractivity contribution in [3.8, 4) is 0 Å². The van der Waals surface area contributed by atoms with E-state index in [0.717, 1.165) is 9.35 Å². The highest BCUT2D eigenvalue weighted by Crippen LogP contribution is 2.21. The summed E-state index contributed by atoms with van der Waals surface area (Å²) in [7, 11) is 0. The van der Waals surface area contributed by atoms with Crippen molar-refractivity contribution in [2.45, 2.75) is 19.4 Å². The zero-order valence-electron chi connectivity index (χ0n) is 7.83. The average Bonchev–Trinajstić information content (AvgIpc) is 2.51. The van der Waals surface area contributed by atoms with Gasteiger partial charge in [-0.1, -0.05) is 0 Å². The summed E-state index contributed by atoms with van der Waals surface area (Å²) in [5.41, 5.74) is 6.72. The van der Waals surface area contributed by atoms with Gasteiger partial charge in [-0.2, -0.15) is 0 Å². The molecule has 1 heterocycles. The molecular formula is C9H12BrNO2S. The Labute approximate surface area is 95.4 Å². The van der Waals surface area contributed by atoms with Crippen LogP contribution in [0.4, 0.5) is 0 Å². The maximum atomic E-state index is 11.2. The Morgan fingerprint density at radius 2 is 2.50 bits per heavy atom. The first-order valence-electron chi connectivity index (χ1n) is 4.28. The van der Waals surface area contributed by atoms with Gasteiger partial charge >= 0.3 is 5.97 Å². The fourth-order valence-electron chi connectivity index (χ4n) is 1.04. The number of thiophene rings is 1. The molecule has 0 amide bonds. The quantitative estimate of drug-likeness (QED) is 0.856. The van der Waals surface area contributed by atoms with Crippen LogP contribution < -0.4 is 5.73 Å². The van der Waals surface area contributed by atoms with E-state index in [-0.39, 0.29) is 5.97 Å². The molecule has 1 atom stereocenters. The van der Waals surface area contributed by atoms with Crippen molar-refractivity contribution in [1.29, 1.82) is 0 Å². The lowest BCUT2D eigenvalue weighted by Gasteiger charge is -2.08. The molecule has 0 aliphatic heterocycles. The largest absolute Gasteiger partial charge is 0.465 e. The zero-order valence-corrected chi connectivity index (χ0v) is 10.2. The maximum Gasteiger partial charge on any atom is 0.323 e. The monoisotopic (exact) mass is 277 g/mol. The summed E-state index contributed by atoms with van der Waals surface area (Å²) in [4.78, 5) is 11.2. The second-order valence-corrected chi connectivity index (χ2v) is 5.11. The molecule has 1 rings (SSSR count). The molecule has 1 aromatic rings. The van der Waals surface area contributed by atoms with Gasteiger partial charge in [0.2, 0.25) is 0 Å². The van der Waals surface area contributed by atoms with Crippen molar-refractivity contribution >= 4 is 33.2 Å². The fraction of sp³-hybridized carbons (Fsp3) is 0.444. The zero-order chi connectivity index (χ0) is 10.6. The molecule has 0 radical (unpaired) electrons. The highest BCUT2D eigenvalue weighted by Gasteiger charge is 2.15. The van der Waals surface area contributed by atoms with Gasteiger partial charge in [0.25, 0.3) is 0 Å². The van der Waals surface area contributed by atoms with E-state index in [1.807, 2.05) is 11.4 Å². The Morgan fingerprint density at radius 3 is 3.00 bits per heavy atom. The number of carbonyl (C=O) groups excluding carboxylic acids is 1. The molecule has 78 valence electrons. The van der Waals surface area contributed by atoms with E-state index in [1.54, 1.807) is 18.3 Å². The first kappa shape index (κ1) is 11.7. The molecule has 0 spiro atoms. The van der Waals surface area contributed by atoms with Crippen LogP contribution in [-0.2, 0) is 16.0 Å². The summed E-state index contributed by atoms with van der Waals surface area (Å²) in [5.74, 6) is -0.338. The summed E-state index contributed by atoms with van der Waals surface area (Å²) in [6.45, 7) is 2.14. The van der Waals surface area contributed by atoms with E-state index in [0.29, 0.717) is 13.0 Å². The van der Waals surface area contributed by atoms with Gasteiger partial charge in [0.05, 0.1) is 10.4 Å². The molecule has 1 aromatic heterocycles. The second-order valence-electron chi connectivity index (χ2n) is 2.82. The second kappa shape index (κ2) is 5.48. The lowest BCUT2D eigenvalue weighted by molar-refractivity contribution is -0.144. The average molecular weight is 278 g/mol. The van der Waals surface area contributed by atoms with Crippen molar-refractivity contribution in [2.24, 2.45) is 5.73 Å². The fourth-order valence-corrected chi connectivity index (χ4v) is 2.26. The van der Waals surface area contributed by atoms with Crippen LogP contribution in [0, 0.1) is 0 Å². The molecule has 3 nitrogen and oxygen atoms in total. The van der Waals surface area contributed by atoms with E-state index in [4.69, 9.17) is 10.5 Å². The van der Waals surface area contributed by atoms with E-state index in [2.05, 4.69) is 15.9 Å².